The molecule has 134 valence electrons. The Kier molecular flexibility index (Phi) is 5.69. The predicted octanol–water partition coefficient (Wildman–Crippen LogP) is 4.33. The highest BCUT2D eigenvalue weighted by atomic mass is 16.5. The number of benzene rings is 2. The molecular formula is C21H24N4O. The van der Waals surface area contributed by atoms with Crippen LogP contribution in [0.4, 0.5) is 11.8 Å². The molecule has 2 aromatic carbocycles. The first kappa shape index (κ1) is 17.7. The highest BCUT2D eigenvalue weighted by molar-refractivity contribution is 5.43. The molecule has 0 saturated carbocycles. The van der Waals surface area contributed by atoms with Gasteiger partial charge in [-0.05, 0) is 37.1 Å². The maximum absolute atomic E-state index is 5.18. The molecule has 3 rings (SSSR count). The number of hydrogen-bond donors (Lipinski definition) is 2. The quantitative estimate of drug-likeness (QED) is 0.666. The summed E-state index contributed by atoms with van der Waals surface area (Å²) in [6, 6.07) is 18.3. The third-order valence-electron chi connectivity index (χ3n) is 4.02. The van der Waals surface area contributed by atoms with Crippen LogP contribution in [0.5, 0.6) is 5.75 Å². The van der Waals surface area contributed by atoms with E-state index in [0.29, 0.717) is 12.5 Å². The van der Waals surface area contributed by atoms with Gasteiger partial charge in [-0.2, -0.15) is 4.98 Å². The molecule has 3 aromatic rings. The smallest absolute Gasteiger partial charge is 0.225 e. The number of methoxy groups -OCH3 is 1. The molecule has 2 N–H and O–H groups in total. The average molecular weight is 348 g/mol. The SMILES string of the molecule is COc1ccc(CNc2nc(C)cc(NCc3cccc(C)c3)n2)cc1. The van der Waals surface area contributed by atoms with Crippen LogP contribution in [-0.4, -0.2) is 17.1 Å². The van der Waals surface area contributed by atoms with Gasteiger partial charge in [-0.1, -0.05) is 42.0 Å². The third kappa shape index (κ3) is 4.96. The summed E-state index contributed by atoms with van der Waals surface area (Å²) in [5.41, 5.74) is 4.55. The Labute approximate surface area is 154 Å². The minimum atomic E-state index is 0.618. The van der Waals surface area contributed by atoms with Crippen LogP contribution in [0.15, 0.2) is 54.6 Å². The normalized spacial score (nSPS) is 10.4. The molecule has 5 heteroatoms. The Morgan fingerprint density at radius 3 is 2.35 bits per heavy atom. The van der Waals surface area contributed by atoms with Crippen LogP contribution in [0.25, 0.3) is 0 Å². The molecule has 0 aliphatic carbocycles. The Hall–Kier alpha value is -3.08. The van der Waals surface area contributed by atoms with E-state index in [0.717, 1.165) is 29.4 Å². The number of anilines is 2. The molecule has 0 radical (unpaired) electrons. The molecule has 5 nitrogen and oxygen atoms in total. The van der Waals surface area contributed by atoms with Crippen molar-refractivity contribution in [3.8, 4) is 5.75 Å². The summed E-state index contributed by atoms with van der Waals surface area (Å²) in [5.74, 6) is 2.28. The van der Waals surface area contributed by atoms with E-state index in [1.54, 1.807) is 7.11 Å². The molecular weight excluding hydrogens is 324 g/mol. The molecule has 1 heterocycles. The zero-order chi connectivity index (χ0) is 18.4. The predicted molar refractivity (Wildman–Crippen MR) is 106 cm³/mol. The summed E-state index contributed by atoms with van der Waals surface area (Å²) in [4.78, 5) is 9.03. The van der Waals surface area contributed by atoms with Crippen LogP contribution in [0.1, 0.15) is 22.4 Å². The second kappa shape index (κ2) is 8.34. The largest absolute Gasteiger partial charge is 0.497 e. The monoisotopic (exact) mass is 348 g/mol. The van der Waals surface area contributed by atoms with Gasteiger partial charge in [-0.3, -0.25) is 0 Å². The molecule has 0 bridgehead atoms. The number of aryl methyl sites for hydroxylation is 2. The van der Waals surface area contributed by atoms with Gasteiger partial charge >= 0.3 is 0 Å². The van der Waals surface area contributed by atoms with Crippen molar-refractivity contribution < 1.29 is 4.74 Å². The lowest BCUT2D eigenvalue weighted by molar-refractivity contribution is 0.414. The first-order valence-electron chi connectivity index (χ1n) is 8.64. The lowest BCUT2D eigenvalue weighted by Crippen LogP contribution is -2.08. The standard InChI is InChI=1S/C21H24N4O/c1-15-5-4-6-18(11-15)14-22-20-12-16(2)24-21(25-20)23-13-17-7-9-19(26-3)10-8-17/h4-12H,13-14H2,1-3H3,(H2,22,23,24,25). The van der Waals surface area contributed by atoms with Gasteiger partial charge in [0.1, 0.15) is 11.6 Å². The van der Waals surface area contributed by atoms with Crippen LogP contribution < -0.4 is 15.4 Å². The van der Waals surface area contributed by atoms with E-state index in [1.807, 2.05) is 37.3 Å². The first-order valence-corrected chi connectivity index (χ1v) is 8.64. The summed E-state index contributed by atoms with van der Waals surface area (Å²) in [7, 11) is 1.67. The number of ether oxygens (including phenoxy) is 1. The topological polar surface area (TPSA) is 59.1 Å². The van der Waals surface area contributed by atoms with Crippen LogP contribution in [0.3, 0.4) is 0 Å². The fourth-order valence-electron chi connectivity index (χ4n) is 2.68. The molecule has 0 spiro atoms. The van der Waals surface area contributed by atoms with Gasteiger partial charge < -0.3 is 15.4 Å². The van der Waals surface area contributed by atoms with Crippen molar-refractivity contribution in [2.24, 2.45) is 0 Å². The summed E-state index contributed by atoms with van der Waals surface area (Å²) < 4.78 is 5.18. The van der Waals surface area contributed by atoms with Crippen molar-refractivity contribution >= 4 is 11.8 Å². The second-order valence-electron chi connectivity index (χ2n) is 6.26. The lowest BCUT2D eigenvalue weighted by atomic mass is 10.1. The fourth-order valence-corrected chi connectivity index (χ4v) is 2.68. The van der Waals surface area contributed by atoms with Crippen molar-refractivity contribution in [2.75, 3.05) is 17.7 Å². The second-order valence-corrected chi connectivity index (χ2v) is 6.26. The van der Waals surface area contributed by atoms with Gasteiger partial charge in [0.15, 0.2) is 0 Å². The van der Waals surface area contributed by atoms with Gasteiger partial charge in [0, 0.05) is 24.8 Å². The fraction of sp³-hybridized carbons (Fsp3) is 0.238. The van der Waals surface area contributed by atoms with Crippen LogP contribution in [0.2, 0.25) is 0 Å². The van der Waals surface area contributed by atoms with Gasteiger partial charge in [-0.25, -0.2) is 4.98 Å². The first-order chi connectivity index (χ1) is 12.6. The maximum atomic E-state index is 5.18. The van der Waals surface area contributed by atoms with Gasteiger partial charge in [0.05, 0.1) is 7.11 Å². The molecule has 0 unspecified atom stereocenters. The highest BCUT2D eigenvalue weighted by Crippen LogP contribution is 2.15. The van der Waals surface area contributed by atoms with Crippen LogP contribution in [0, 0.1) is 13.8 Å². The van der Waals surface area contributed by atoms with Crippen LogP contribution >= 0.6 is 0 Å². The van der Waals surface area contributed by atoms with Gasteiger partial charge in [0.25, 0.3) is 0 Å². The van der Waals surface area contributed by atoms with E-state index in [2.05, 4.69) is 51.8 Å². The molecule has 26 heavy (non-hydrogen) atoms. The van der Waals surface area contributed by atoms with E-state index in [4.69, 9.17) is 4.74 Å². The molecule has 1 aromatic heterocycles. The Morgan fingerprint density at radius 2 is 1.62 bits per heavy atom. The summed E-state index contributed by atoms with van der Waals surface area (Å²) in [6.45, 7) is 5.46. The van der Waals surface area contributed by atoms with Gasteiger partial charge in [0.2, 0.25) is 5.95 Å². The van der Waals surface area contributed by atoms with Gasteiger partial charge in [-0.15, -0.1) is 0 Å². The van der Waals surface area contributed by atoms with E-state index < -0.39 is 0 Å². The zero-order valence-corrected chi connectivity index (χ0v) is 15.4. The van der Waals surface area contributed by atoms with Crippen molar-refractivity contribution in [3.05, 3.63) is 77.0 Å². The number of rotatable bonds is 7. The molecule has 0 atom stereocenters. The average Bonchev–Trinajstić information content (AvgIpc) is 2.65. The Morgan fingerprint density at radius 1 is 0.846 bits per heavy atom. The van der Waals surface area contributed by atoms with Crippen molar-refractivity contribution in [2.45, 2.75) is 26.9 Å². The Balaban J connectivity index is 1.63. The zero-order valence-electron chi connectivity index (χ0n) is 15.4. The number of nitrogens with one attached hydrogen (secondary N) is 2. The third-order valence-corrected chi connectivity index (χ3v) is 4.02. The molecule has 0 fully saturated rings. The molecule has 0 amide bonds. The lowest BCUT2D eigenvalue weighted by Gasteiger charge is -2.11. The number of aromatic nitrogens is 2. The van der Waals surface area contributed by atoms with E-state index >= 15 is 0 Å². The summed E-state index contributed by atoms with van der Waals surface area (Å²) in [5, 5.41) is 6.66. The molecule has 0 aliphatic rings. The minimum Gasteiger partial charge on any atom is -0.497 e. The molecule has 0 aliphatic heterocycles. The van der Waals surface area contributed by atoms with Crippen molar-refractivity contribution in [1.29, 1.82) is 0 Å². The maximum Gasteiger partial charge on any atom is 0.225 e. The number of nitrogens with zero attached hydrogens (tertiary/aromatic N) is 2. The summed E-state index contributed by atoms with van der Waals surface area (Å²) >= 11 is 0. The summed E-state index contributed by atoms with van der Waals surface area (Å²) in [6.07, 6.45) is 0. The van der Waals surface area contributed by atoms with Crippen molar-refractivity contribution in [3.63, 3.8) is 0 Å². The minimum absolute atomic E-state index is 0.618. The Bertz CT molecular complexity index is 862. The van der Waals surface area contributed by atoms with Crippen LogP contribution in [-0.2, 0) is 13.1 Å². The van der Waals surface area contributed by atoms with E-state index in [9.17, 15) is 0 Å². The highest BCUT2D eigenvalue weighted by Gasteiger charge is 2.03. The van der Waals surface area contributed by atoms with Crippen molar-refractivity contribution in [1.82, 2.24) is 9.97 Å². The number of hydrogen-bond acceptors (Lipinski definition) is 5. The molecule has 0 saturated heterocycles. The van der Waals surface area contributed by atoms with E-state index in [1.165, 1.54) is 11.1 Å². The van der Waals surface area contributed by atoms with E-state index in [-0.39, 0.29) is 0 Å².